The molecule has 4 N–H and O–H groups in total. The number of hydrogen-bond donors (Lipinski definition) is 2. The Labute approximate surface area is 185 Å². The third kappa shape index (κ3) is 3.43. The Morgan fingerprint density at radius 3 is 2.53 bits per heavy atom. The van der Waals surface area contributed by atoms with E-state index in [0.29, 0.717) is 10.8 Å². The second-order valence-corrected chi connectivity index (χ2v) is 9.64. The lowest BCUT2D eigenvalue weighted by atomic mass is 9.73. The summed E-state index contributed by atoms with van der Waals surface area (Å²) in [7, 11) is 0. The van der Waals surface area contributed by atoms with Gasteiger partial charge in [0, 0.05) is 52.7 Å². The molecule has 154 valence electrons. The zero-order valence-electron chi connectivity index (χ0n) is 16.6. The van der Waals surface area contributed by atoms with Gasteiger partial charge in [0.15, 0.2) is 0 Å². The Morgan fingerprint density at radius 2 is 1.80 bits per heavy atom. The highest BCUT2D eigenvalue weighted by Crippen LogP contribution is 2.50. The van der Waals surface area contributed by atoms with Gasteiger partial charge < -0.3 is 16.4 Å². The van der Waals surface area contributed by atoms with Crippen molar-refractivity contribution >= 4 is 34.9 Å². The van der Waals surface area contributed by atoms with E-state index in [0.717, 1.165) is 42.1 Å². The molecule has 1 fully saturated rings. The van der Waals surface area contributed by atoms with Gasteiger partial charge in [-0.1, -0.05) is 29.4 Å². The fourth-order valence-electron chi connectivity index (χ4n) is 4.72. The molecule has 0 radical (unpaired) electrons. The van der Waals surface area contributed by atoms with E-state index >= 15 is 0 Å². The van der Waals surface area contributed by atoms with Crippen LogP contribution in [-0.4, -0.2) is 23.1 Å². The van der Waals surface area contributed by atoms with E-state index in [1.54, 1.807) is 18.0 Å². The third-order valence-corrected chi connectivity index (χ3v) is 8.09. The highest BCUT2D eigenvalue weighted by atomic mass is 35.5. The minimum atomic E-state index is 0.0969. The average molecular weight is 438 g/mol. The number of pyridine rings is 2. The number of anilines is 2. The van der Waals surface area contributed by atoms with Gasteiger partial charge in [0.05, 0.1) is 5.02 Å². The molecule has 1 atom stereocenters. The summed E-state index contributed by atoms with van der Waals surface area (Å²) in [5.74, 6) is 0.364. The molecule has 0 saturated carbocycles. The number of nitrogen functional groups attached to an aromatic ring is 1. The molecular weight excluding hydrogens is 414 g/mol. The Hall–Kier alpha value is -2.28. The van der Waals surface area contributed by atoms with Gasteiger partial charge >= 0.3 is 0 Å². The molecule has 1 aliphatic heterocycles. The molecule has 5 rings (SSSR count). The zero-order chi connectivity index (χ0) is 20.7. The first-order valence-electron chi connectivity index (χ1n) is 10.2. The first kappa shape index (κ1) is 19.7. The molecule has 3 aromatic rings. The summed E-state index contributed by atoms with van der Waals surface area (Å²) in [5, 5.41) is 0.510. The van der Waals surface area contributed by atoms with Crippen LogP contribution in [0.15, 0.2) is 64.6 Å². The summed E-state index contributed by atoms with van der Waals surface area (Å²) in [6.07, 6.45) is 6.75. The van der Waals surface area contributed by atoms with E-state index in [-0.39, 0.29) is 11.5 Å². The number of nitrogens with zero attached hydrogens (tertiary/aromatic N) is 3. The molecule has 2 aliphatic rings. The quantitative estimate of drug-likeness (QED) is 0.617. The molecule has 1 aromatic carbocycles. The Morgan fingerprint density at radius 1 is 1.03 bits per heavy atom. The van der Waals surface area contributed by atoms with Gasteiger partial charge in [0.2, 0.25) is 0 Å². The maximum absolute atomic E-state index is 6.67. The Bertz CT molecular complexity index is 1060. The van der Waals surface area contributed by atoms with Crippen LogP contribution >= 0.6 is 23.4 Å². The van der Waals surface area contributed by atoms with Gasteiger partial charge in [-0.3, -0.25) is 4.98 Å². The number of halogens is 1. The normalized spacial score (nSPS) is 19.8. The van der Waals surface area contributed by atoms with Crippen molar-refractivity contribution in [2.75, 3.05) is 23.7 Å². The van der Waals surface area contributed by atoms with Gasteiger partial charge in [-0.2, -0.15) is 0 Å². The van der Waals surface area contributed by atoms with Gasteiger partial charge in [0.1, 0.15) is 5.82 Å². The van der Waals surface area contributed by atoms with Crippen molar-refractivity contribution in [3.63, 3.8) is 0 Å². The Kier molecular flexibility index (Phi) is 5.09. The highest BCUT2D eigenvalue weighted by Gasteiger charge is 2.46. The van der Waals surface area contributed by atoms with Gasteiger partial charge in [-0.25, -0.2) is 4.98 Å². The molecule has 0 bridgehead atoms. The van der Waals surface area contributed by atoms with Crippen molar-refractivity contribution in [2.24, 2.45) is 11.1 Å². The first-order valence-corrected chi connectivity index (χ1v) is 11.4. The van der Waals surface area contributed by atoms with Crippen LogP contribution < -0.4 is 16.4 Å². The maximum atomic E-state index is 6.67. The summed E-state index contributed by atoms with van der Waals surface area (Å²) in [6, 6.07) is 14.8. The second kappa shape index (κ2) is 7.76. The number of hydrogen-bond acceptors (Lipinski definition) is 6. The number of benzene rings is 1. The zero-order valence-corrected chi connectivity index (χ0v) is 18.2. The lowest BCUT2D eigenvalue weighted by Gasteiger charge is -2.43. The topological polar surface area (TPSA) is 81.1 Å². The molecule has 30 heavy (non-hydrogen) atoms. The van der Waals surface area contributed by atoms with Crippen molar-refractivity contribution in [3.8, 4) is 0 Å². The van der Waals surface area contributed by atoms with E-state index in [9.17, 15) is 0 Å². The van der Waals surface area contributed by atoms with Crippen LogP contribution in [0, 0.1) is 5.41 Å². The molecule has 1 saturated heterocycles. The lowest BCUT2D eigenvalue weighted by molar-refractivity contribution is 0.187. The van der Waals surface area contributed by atoms with Crippen molar-refractivity contribution in [2.45, 2.75) is 35.1 Å². The molecule has 1 aliphatic carbocycles. The van der Waals surface area contributed by atoms with E-state index < -0.39 is 0 Å². The van der Waals surface area contributed by atoms with Crippen LogP contribution in [0.2, 0.25) is 5.02 Å². The number of fused-ring (bicyclic) bond motifs is 1. The van der Waals surface area contributed by atoms with Crippen LogP contribution in [-0.2, 0) is 6.42 Å². The predicted molar refractivity (Wildman–Crippen MR) is 123 cm³/mol. The largest absolute Gasteiger partial charge is 0.382 e. The molecule has 5 nitrogen and oxygen atoms in total. The van der Waals surface area contributed by atoms with Gasteiger partial charge in [0.25, 0.3) is 0 Å². The molecule has 1 spiro atoms. The number of nitrogens with two attached hydrogens (primary N) is 2. The van der Waals surface area contributed by atoms with Crippen LogP contribution in [0.3, 0.4) is 0 Å². The van der Waals surface area contributed by atoms with Crippen molar-refractivity contribution < 1.29 is 0 Å². The second-order valence-electron chi connectivity index (χ2n) is 8.15. The maximum Gasteiger partial charge on any atom is 0.143 e. The van der Waals surface area contributed by atoms with Crippen molar-refractivity contribution in [1.82, 2.24) is 9.97 Å². The van der Waals surface area contributed by atoms with Crippen molar-refractivity contribution in [3.05, 3.63) is 71.1 Å². The van der Waals surface area contributed by atoms with E-state index in [1.807, 2.05) is 18.3 Å². The molecular formula is C23H24ClN5S. The molecule has 1 unspecified atom stereocenters. The lowest BCUT2D eigenvalue weighted by Crippen LogP contribution is -2.44. The van der Waals surface area contributed by atoms with Crippen LogP contribution in [0.4, 0.5) is 11.5 Å². The van der Waals surface area contributed by atoms with Crippen molar-refractivity contribution in [1.29, 1.82) is 0 Å². The number of piperidine rings is 1. The summed E-state index contributed by atoms with van der Waals surface area (Å²) in [4.78, 5) is 13.1. The van der Waals surface area contributed by atoms with Crippen LogP contribution in [0.5, 0.6) is 0 Å². The van der Waals surface area contributed by atoms with Crippen LogP contribution in [0.1, 0.15) is 30.1 Å². The fourth-order valence-corrected chi connectivity index (χ4v) is 5.80. The molecule has 2 aromatic heterocycles. The fraction of sp³-hybridized carbons (Fsp3) is 0.304. The summed E-state index contributed by atoms with van der Waals surface area (Å²) >= 11 is 7.87. The summed E-state index contributed by atoms with van der Waals surface area (Å²) in [5.41, 5.74) is 16.3. The summed E-state index contributed by atoms with van der Waals surface area (Å²) < 4.78 is 0. The third-order valence-electron chi connectivity index (χ3n) is 6.51. The minimum Gasteiger partial charge on any atom is -0.382 e. The van der Waals surface area contributed by atoms with E-state index in [4.69, 9.17) is 23.1 Å². The Balaban J connectivity index is 1.26. The molecule has 7 heteroatoms. The molecule has 3 heterocycles. The number of aromatic nitrogens is 2. The highest BCUT2D eigenvalue weighted by molar-refractivity contribution is 7.99. The van der Waals surface area contributed by atoms with Crippen LogP contribution in [0.25, 0.3) is 0 Å². The van der Waals surface area contributed by atoms with Gasteiger partial charge in [-0.15, -0.1) is 0 Å². The minimum absolute atomic E-state index is 0.0969. The standard InChI is InChI=1S/C23H24ClN5S/c24-20-19(7-11-28-22(20)26)30-16-5-3-15(4-6-16)29-12-8-23(9-13-29)14-18-17(21(23)25)2-1-10-27-18/h1-7,10-11,21H,8-9,12-14,25H2,(H2,26,28). The van der Waals surface area contributed by atoms with Gasteiger partial charge in [-0.05, 0) is 66.6 Å². The summed E-state index contributed by atoms with van der Waals surface area (Å²) in [6.45, 7) is 2.03. The predicted octanol–water partition coefficient (Wildman–Crippen LogP) is 4.71. The van der Waals surface area contributed by atoms with E-state index in [1.165, 1.54) is 16.9 Å². The monoisotopic (exact) mass is 437 g/mol. The average Bonchev–Trinajstić information content (AvgIpc) is 3.04. The SMILES string of the molecule is Nc1nccc(Sc2ccc(N3CCC4(CC3)Cc3ncccc3C4N)cc2)c1Cl. The smallest absolute Gasteiger partial charge is 0.143 e. The molecule has 0 amide bonds. The first-order chi connectivity index (χ1) is 14.6. The van der Waals surface area contributed by atoms with E-state index in [2.05, 4.69) is 45.2 Å². The number of rotatable bonds is 3.